The molecule has 0 spiro atoms. The molecular formula is C13H19BrN2O2. The number of hydrogen-bond donors (Lipinski definition) is 1. The molecule has 2 N–H and O–H groups in total. The van der Waals surface area contributed by atoms with E-state index in [4.69, 9.17) is 10.6 Å². The first-order valence-corrected chi connectivity index (χ1v) is 6.57. The molecular weight excluding hydrogens is 296 g/mol. The highest BCUT2D eigenvalue weighted by Crippen LogP contribution is 2.24. The number of anilines is 1. The normalized spacial score (nSPS) is 10.8. The van der Waals surface area contributed by atoms with Crippen LogP contribution in [0.4, 0.5) is 5.69 Å². The van der Waals surface area contributed by atoms with Crippen LogP contribution in [-0.4, -0.2) is 24.6 Å². The van der Waals surface area contributed by atoms with Crippen molar-refractivity contribution < 1.29 is 9.63 Å². The molecule has 1 aromatic carbocycles. The van der Waals surface area contributed by atoms with Crippen molar-refractivity contribution in [3.05, 3.63) is 27.7 Å². The Labute approximate surface area is 116 Å². The number of carbonyl (C=O) groups is 1. The quantitative estimate of drug-likeness (QED) is 0.686. The molecule has 1 rings (SSSR count). The Bertz CT molecular complexity index is 447. The van der Waals surface area contributed by atoms with E-state index in [2.05, 4.69) is 15.9 Å². The van der Waals surface area contributed by atoms with Crippen molar-refractivity contribution in [1.29, 1.82) is 0 Å². The molecule has 0 aliphatic heterocycles. The number of hydroxylamine groups is 2. The van der Waals surface area contributed by atoms with Crippen LogP contribution in [0.2, 0.25) is 0 Å². The van der Waals surface area contributed by atoms with Gasteiger partial charge in [-0.15, -0.1) is 0 Å². The van der Waals surface area contributed by atoms with E-state index in [1.807, 2.05) is 20.8 Å². The third-order valence-corrected chi connectivity index (χ3v) is 3.08. The Hall–Kier alpha value is -1.07. The van der Waals surface area contributed by atoms with Crippen molar-refractivity contribution in [3.8, 4) is 0 Å². The van der Waals surface area contributed by atoms with Gasteiger partial charge in [0.05, 0.1) is 13.7 Å². The van der Waals surface area contributed by atoms with E-state index >= 15 is 0 Å². The summed E-state index contributed by atoms with van der Waals surface area (Å²) in [6.07, 6.45) is 0. The van der Waals surface area contributed by atoms with Gasteiger partial charge in [-0.1, -0.05) is 29.8 Å². The SMILES string of the molecule is CON(CC(C)C)C(=O)c1cc(Br)cc(N)c1C. The Morgan fingerprint density at radius 3 is 2.61 bits per heavy atom. The summed E-state index contributed by atoms with van der Waals surface area (Å²) in [5.74, 6) is 0.162. The zero-order valence-corrected chi connectivity index (χ0v) is 12.7. The number of rotatable bonds is 4. The number of nitrogens with two attached hydrogens (primary N) is 1. The van der Waals surface area contributed by atoms with Crippen molar-refractivity contribution in [2.45, 2.75) is 20.8 Å². The summed E-state index contributed by atoms with van der Waals surface area (Å²) < 4.78 is 0.787. The minimum Gasteiger partial charge on any atom is -0.398 e. The van der Waals surface area contributed by atoms with Gasteiger partial charge in [0.2, 0.25) is 0 Å². The molecule has 0 aliphatic carbocycles. The summed E-state index contributed by atoms with van der Waals surface area (Å²) in [6.45, 7) is 6.43. The Morgan fingerprint density at radius 1 is 1.50 bits per heavy atom. The molecule has 0 bridgehead atoms. The third kappa shape index (κ3) is 3.46. The van der Waals surface area contributed by atoms with Crippen molar-refractivity contribution in [3.63, 3.8) is 0 Å². The van der Waals surface area contributed by atoms with Gasteiger partial charge >= 0.3 is 0 Å². The third-order valence-electron chi connectivity index (χ3n) is 2.62. The second kappa shape index (κ2) is 6.20. The zero-order chi connectivity index (χ0) is 13.9. The summed E-state index contributed by atoms with van der Waals surface area (Å²) in [7, 11) is 1.50. The molecule has 18 heavy (non-hydrogen) atoms. The average Bonchev–Trinajstić information content (AvgIpc) is 2.29. The minimum atomic E-state index is -0.170. The number of benzene rings is 1. The van der Waals surface area contributed by atoms with E-state index in [0.29, 0.717) is 23.7 Å². The lowest BCUT2D eigenvalue weighted by Crippen LogP contribution is -2.33. The summed E-state index contributed by atoms with van der Waals surface area (Å²) in [5, 5.41) is 1.36. The molecule has 0 saturated carbocycles. The summed E-state index contributed by atoms with van der Waals surface area (Å²) >= 11 is 3.35. The van der Waals surface area contributed by atoms with Crippen LogP contribution in [0.15, 0.2) is 16.6 Å². The molecule has 0 atom stereocenters. The zero-order valence-electron chi connectivity index (χ0n) is 11.2. The number of halogens is 1. The van der Waals surface area contributed by atoms with E-state index in [0.717, 1.165) is 10.0 Å². The Balaban J connectivity index is 3.09. The fraction of sp³-hybridized carbons (Fsp3) is 0.462. The second-order valence-corrected chi connectivity index (χ2v) is 5.53. The van der Waals surface area contributed by atoms with Crippen molar-refractivity contribution in [2.24, 2.45) is 5.92 Å². The van der Waals surface area contributed by atoms with Gasteiger partial charge in [0.1, 0.15) is 0 Å². The summed E-state index contributed by atoms with van der Waals surface area (Å²) in [4.78, 5) is 17.5. The molecule has 0 radical (unpaired) electrons. The van der Waals surface area contributed by atoms with Crippen LogP contribution in [0.1, 0.15) is 29.8 Å². The number of nitrogen functional groups attached to an aromatic ring is 1. The monoisotopic (exact) mass is 314 g/mol. The van der Waals surface area contributed by atoms with Crippen LogP contribution < -0.4 is 5.73 Å². The fourth-order valence-corrected chi connectivity index (χ4v) is 2.10. The average molecular weight is 315 g/mol. The van der Waals surface area contributed by atoms with E-state index in [9.17, 15) is 4.79 Å². The predicted octanol–water partition coefficient (Wildman–Crippen LogP) is 3.00. The standard InChI is InChI=1S/C13H19BrN2O2/c1-8(2)7-16(18-4)13(17)11-5-10(14)6-12(15)9(11)3/h5-6,8H,7,15H2,1-4H3. The molecule has 4 nitrogen and oxygen atoms in total. The first kappa shape index (κ1) is 15.0. The van der Waals surface area contributed by atoms with E-state index < -0.39 is 0 Å². The molecule has 0 unspecified atom stereocenters. The van der Waals surface area contributed by atoms with Crippen molar-refractivity contribution in [1.82, 2.24) is 5.06 Å². The summed E-state index contributed by atoms with van der Waals surface area (Å²) in [6, 6.07) is 3.55. The molecule has 0 aromatic heterocycles. The lowest BCUT2D eigenvalue weighted by Gasteiger charge is -2.22. The number of nitrogens with zero attached hydrogens (tertiary/aromatic N) is 1. The van der Waals surface area contributed by atoms with Crippen LogP contribution >= 0.6 is 15.9 Å². The molecule has 0 aliphatic rings. The molecule has 1 amide bonds. The number of carbonyl (C=O) groups excluding carboxylic acids is 1. The highest BCUT2D eigenvalue weighted by molar-refractivity contribution is 9.10. The molecule has 1 aromatic rings. The lowest BCUT2D eigenvalue weighted by atomic mass is 10.1. The van der Waals surface area contributed by atoms with Crippen LogP contribution in [-0.2, 0) is 4.84 Å². The van der Waals surface area contributed by atoms with Gasteiger partial charge in [-0.3, -0.25) is 9.63 Å². The van der Waals surface area contributed by atoms with Gasteiger partial charge in [0, 0.05) is 15.7 Å². The Kier molecular flexibility index (Phi) is 5.16. The van der Waals surface area contributed by atoms with Gasteiger partial charge < -0.3 is 5.73 Å². The van der Waals surface area contributed by atoms with Crippen LogP contribution in [0, 0.1) is 12.8 Å². The van der Waals surface area contributed by atoms with Gasteiger partial charge in [-0.05, 0) is 30.5 Å². The van der Waals surface area contributed by atoms with E-state index in [1.54, 1.807) is 12.1 Å². The van der Waals surface area contributed by atoms with E-state index in [1.165, 1.54) is 12.2 Å². The number of hydrogen-bond acceptors (Lipinski definition) is 3. The molecule has 100 valence electrons. The highest BCUT2D eigenvalue weighted by Gasteiger charge is 2.20. The van der Waals surface area contributed by atoms with Crippen LogP contribution in [0.3, 0.4) is 0 Å². The van der Waals surface area contributed by atoms with Gasteiger partial charge in [-0.2, -0.15) is 0 Å². The maximum absolute atomic E-state index is 12.4. The summed E-state index contributed by atoms with van der Waals surface area (Å²) in [5.41, 5.74) is 7.78. The van der Waals surface area contributed by atoms with Gasteiger partial charge in [0.25, 0.3) is 5.91 Å². The second-order valence-electron chi connectivity index (χ2n) is 4.61. The van der Waals surface area contributed by atoms with Gasteiger partial charge in [0.15, 0.2) is 0 Å². The van der Waals surface area contributed by atoms with Crippen LogP contribution in [0.25, 0.3) is 0 Å². The minimum absolute atomic E-state index is 0.170. The molecule has 5 heteroatoms. The van der Waals surface area contributed by atoms with Crippen molar-refractivity contribution in [2.75, 3.05) is 19.4 Å². The maximum atomic E-state index is 12.4. The molecule has 0 heterocycles. The lowest BCUT2D eigenvalue weighted by molar-refractivity contribution is -0.101. The van der Waals surface area contributed by atoms with Crippen LogP contribution in [0.5, 0.6) is 0 Å². The molecule has 0 fully saturated rings. The maximum Gasteiger partial charge on any atom is 0.277 e. The molecule has 0 saturated heterocycles. The van der Waals surface area contributed by atoms with E-state index in [-0.39, 0.29) is 5.91 Å². The smallest absolute Gasteiger partial charge is 0.277 e. The topological polar surface area (TPSA) is 55.6 Å². The van der Waals surface area contributed by atoms with Crippen molar-refractivity contribution >= 4 is 27.5 Å². The van der Waals surface area contributed by atoms with Gasteiger partial charge in [-0.25, -0.2) is 5.06 Å². The fourth-order valence-electron chi connectivity index (χ4n) is 1.63. The number of amides is 1. The highest BCUT2D eigenvalue weighted by atomic mass is 79.9. The Morgan fingerprint density at radius 2 is 2.11 bits per heavy atom. The predicted molar refractivity (Wildman–Crippen MR) is 76.2 cm³/mol. The first-order chi connectivity index (χ1) is 8.36. The largest absolute Gasteiger partial charge is 0.398 e. The first-order valence-electron chi connectivity index (χ1n) is 5.78.